The van der Waals surface area contributed by atoms with Gasteiger partial charge in [-0.3, -0.25) is 10.1 Å². The fourth-order valence-electron chi connectivity index (χ4n) is 1.17. The van der Waals surface area contributed by atoms with Crippen LogP contribution in [0, 0.1) is 10.1 Å². The molecule has 0 aromatic heterocycles. The minimum absolute atomic E-state index is 0.282. The maximum Gasteiger partial charge on any atom is 0.573 e. The first kappa shape index (κ1) is 15.2. The number of hydrogen-bond donors (Lipinski definition) is 0. The summed E-state index contributed by atoms with van der Waals surface area (Å²) in [5.41, 5.74) is -1.29. The van der Waals surface area contributed by atoms with Crippen molar-refractivity contribution in [3.05, 3.63) is 32.3 Å². The van der Waals surface area contributed by atoms with E-state index in [0.717, 1.165) is 13.2 Å². The number of esters is 1. The van der Waals surface area contributed by atoms with Gasteiger partial charge in [0.05, 0.1) is 22.1 Å². The maximum absolute atomic E-state index is 12.1. The number of carbonyl (C=O) groups excluding carboxylic acids is 1. The third-order valence-electron chi connectivity index (χ3n) is 1.86. The van der Waals surface area contributed by atoms with Gasteiger partial charge in [-0.05, 0) is 22.0 Å². The lowest BCUT2D eigenvalue weighted by Crippen LogP contribution is -2.18. The van der Waals surface area contributed by atoms with E-state index >= 15 is 0 Å². The Hall–Kier alpha value is -1.84. The van der Waals surface area contributed by atoms with Crippen molar-refractivity contribution in [1.82, 2.24) is 0 Å². The first-order valence-electron chi connectivity index (χ1n) is 4.47. The molecule has 0 saturated heterocycles. The third-order valence-corrected chi connectivity index (χ3v) is 2.45. The van der Waals surface area contributed by atoms with Gasteiger partial charge in [0.15, 0.2) is 0 Å². The molecule has 1 rings (SSSR count). The van der Waals surface area contributed by atoms with Gasteiger partial charge in [-0.1, -0.05) is 0 Å². The number of halogens is 4. The van der Waals surface area contributed by atoms with E-state index in [1.807, 2.05) is 0 Å². The van der Waals surface area contributed by atoms with E-state index in [1.165, 1.54) is 0 Å². The molecule has 0 amide bonds. The summed E-state index contributed by atoms with van der Waals surface area (Å²) in [5, 5.41) is 10.7. The molecule has 0 atom stereocenters. The highest BCUT2D eigenvalue weighted by molar-refractivity contribution is 9.10. The maximum atomic E-state index is 12.1. The average Bonchev–Trinajstić information content (AvgIpc) is 2.28. The summed E-state index contributed by atoms with van der Waals surface area (Å²) < 4.78 is 43.9. The summed E-state index contributed by atoms with van der Waals surface area (Å²) >= 11 is 2.68. The standard InChI is InChI=1S/C9H5BrF3NO5/c1-18-8(15)4-2-5(10)7(19-9(11,12)13)6(3-4)14(16)17/h2-3H,1H3. The van der Waals surface area contributed by atoms with E-state index in [-0.39, 0.29) is 10.0 Å². The van der Waals surface area contributed by atoms with Crippen molar-refractivity contribution in [2.24, 2.45) is 0 Å². The van der Waals surface area contributed by atoms with E-state index in [4.69, 9.17) is 0 Å². The highest BCUT2D eigenvalue weighted by Crippen LogP contribution is 2.39. The molecule has 104 valence electrons. The topological polar surface area (TPSA) is 78.7 Å². The van der Waals surface area contributed by atoms with Crippen LogP contribution in [-0.4, -0.2) is 24.4 Å². The largest absolute Gasteiger partial charge is 0.573 e. The number of ether oxygens (including phenoxy) is 2. The summed E-state index contributed by atoms with van der Waals surface area (Å²) in [7, 11) is 1.03. The lowest BCUT2D eigenvalue weighted by molar-refractivity contribution is -0.388. The number of nitro benzene ring substituents is 1. The summed E-state index contributed by atoms with van der Waals surface area (Å²) in [4.78, 5) is 20.8. The average molecular weight is 344 g/mol. The Balaban J connectivity index is 3.39. The minimum Gasteiger partial charge on any atom is -0.465 e. The zero-order valence-corrected chi connectivity index (χ0v) is 10.7. The van der Waals surface area contributed by atoms with Crippen LogP contribution in [-0.2, 0) is 4.74 Å². The van der Waals surface area contributed by atoms with Gasteiger partial charge < -0.3 is 9.47 Å². The number of benzene rings is 1. The monoisotopic (exact) mass is 343 g/mol. The van der Waals surface area contributed by atoms with Crippen molar-refractivity contribution >= 4 is 27.6 Å². The lowest BCUT2D eigenvalue weighted by atomic mass is 10.2. The van der Waals surface area contributed by atoms with E-state index in [9.17, 15) is 28.1 Å². The van der Waals surface area contributed by atoms with Crippen LogP contribution in [0.1, 0.15) is 10.4 Å². The first-order valence-corrected chi connectivity index (χ1v) is 5.27. The van der Waals surface area contributed by atoms with Crippen LogP contribution in [0.5, 0.6) is 5.75 Å². The zero-order valence-electron chi connectivity index (χ0n) is 9.16. The molecule has 10 heteroatoms. The first-order chi connectivity index (χ1) is 8.65. The molecule has 0 fully saturated rings. The van der Waals surface area contributed by atoms with Gasteiger partial charge in [0.2, 0.25) is 5.75 Å². The number of carbonyl (C=O) groups is 1. The molecule has 1 aromatic carbocycles. The molecule has 19 heavy (non-hydrogen) atoms. The molecule has 1 aromatic rings. The molecule has 0 N–H and O–H groups in total. The molecule has 0 radical (unpaired) electrons. The van der Waals surface area contributed by atoms with Crippen LogP contribution in [0.3, 0.4) is 0 Å². The molecule has 0 unspecified atom stereocenters. The molecule has 0 aliphatic heterocycles. The number of hydrogen-bond acceptors (Lipinski definition) is 5. The summed E-state index contributed by atoms with van der Waals surface area (Å²) in [5.74, 6) is -1.97. The van der Waals surface area contributed by atoms with Gasteiger partial charge in [-0.15, -0.1) is 13.2 Å². The van der Waals surface area contributed by atoms with Crippen LogP contribution < -0.4 is 4.74 Å². The highest BCUT2D eigenvalue weighted by Gasteiger charge is 2.36. The van der Waals surface area contributed by atoms with Gasteiger partial charge in [0.25, 0.3) is 0 Å². The number of alkyl halides is 3. The highest BCUT2D eigenvalue weighted by atomic mass is 79.9. The molecule has 0 saturated carbocycles. The minimum atomic E-state index is -5.10. The predicted octanol–water partition coefficient (Wildman–Crippen LogP) is 3.04. The second-order valence-electron chi connectivity index (χ2n) is 3.10. The van der Waals surface area contributed by atoms with E-state index in [0.29, 0.717) is 6.07 Å². The molecule has 0 spiro atoms. The Labute approximate surface area is 112 Å². The van der Waals surface area contributed by atoms with Gasteiger partial charge >= 0.3 is 18.0 Å². The molecule has 0 heterocycles. The van der Waals surface area contributed by atoms with Gasteiger partial charge in [-0.2, -0.15) is 0 Å². The smallest absolute Gasteiger partial charge is 0.465 e. The SMILES string of the molecule is COC(=O)c1cc(Br)c(OC(F)(F)F)c([N+](=O)[O-])c1. The zero-order chi connectivity index (χ0) is 14.8. The van der Waals surface area contributed by atoms with Gasteiger partial charge in [0, 0.05) is 6.07 Å². The number of rotatable bonds is 3. The van der Waals surface area contributed by atoms with E-state index in [2.05, 4.69) is 25.4 Å². The van der Waals surface area contributed by atoms with E-state index in [1.54, 1.807) is 0 Å². The normalized spacial score (nSPS) is 11.0. The Kier molecular flexibility index (Phi) is 4.35. The third kappa shape index (κ3) is 3.81. The molecular formula is C9H5BrF3NO5. The van der Waals surface area contributed by atoms with Crippen LogP contribution in [0.15, 0.2) is 16.6 Å². The second kappa shape index (κ2) is 5.43. The number of nitro groups is 1. The van der Waals surface area contributed by atoms with Crippen molar-refractivity contribution in [1.29, 1.82) is 0 Å². The van der Waals surface area contributed by atoms with Gasteiger partial charge in [0.1, 0.15) is 0 Å². The molecule has 0 bridgehead atoms. The fourth-order valence-corrected chi connectivity index (χ4v) is 1.70. The summed E-state index contributed by atoms with van der Waals surface area (Å²) in [6, 6.07) is 1.57. The quantitative estimate of drug-likeness (QED) is 0.478. The van der Waals surface area contributed by atoms with Crippen molar-refractivity contribution in [2.45, 2.75) is 6.36 Å². The van der Waals surface area contributed by atoms with E-state index < -0.39 is 28.7 Å². The lowest BCUT2D eigenvalue weighted by Gasteiger charge is -2.11. The summed E-state index contributed by atoms with van der Waals surface area (Å²) in [6.07, 6.45) is -5.10. The van der Waals surface area contributed by atoms with Crippen LogP contribution in [0.2, 0.25) is 0 Å². The second-order valence-corrected chi connectivity index (χ2v) is 3.96. The van der Waals surface area contributed by atoms with Crippen molar-refractivity contribution in [3.63, 3.8) is 0 Å². The molecular weight excluding hydrogens is 339 g/mol. The Bertz CT molecular complexity index is 531. The van der Waals surface area contributed by atoms with Crippen molar-refractivity contribution in [3.8, 4) is 5.75 Å². The Morgan fingerprint density at radius 1 is 1.42 bits per heavy atom. The molecule has 0 aliphatic carbocycles. The number of methoxy groups -OCH3 is 1. The van der Waals surface area contributed by atoms with Crippen LogP contribution in [0.4, 0.5) is 18.9 Å². The van der Waals surface area contributed by atoms with Gasteiger partial charge in [-0.25, -0.2) is 4.79 Å². The predicted molar refractivity (Wildman–Crippen MR) is 58.8 cm³/mol. The van der Waals surface area contributed by atoms with Crippen molar-refractivity contribution in [2.75, 3.05) is 7.11 Å². The molecule has 0 aliphatic rings. The number of nitrogens with zero attached hydrogens (tertiary/aromatic N) is 1. The fraction of sp³-hybridized carbons (Fsp3) is 0.222. The van der Waals surface area contributed by atoms with Crippen LogP contribution >= 0.6 is 15.9 Å². The summed E-state index contributed by atoms with van der Waals surface area (Å²) in [6.45, 7) is 0. The molecule has 6 nitrogen and oxygen atoms in total. The van der Waals surface area contributed by atoms with Crippen LogP contribution in [0.25, 0.3) is 0 Å². The van der Waals surface area contributed by atoms with Crippen molar-refractivity contribution < 1.29 is 32.4 Å². The Morgan fingerprint density at radius 3 is 2.42 bits per heavy atom. The Morgan fingerprint density at radius 2 is 2.00 bits per heavy atom.